The highest BCUT2D eigenvalue weighted by Gasteiger charge is 2.19. The van der Waals surface area contributed by atoms with Crippen LogP contribution in [0.3, 0.4) is 0 Å². The summed E-state index contributed by atoms with van der Waals surface area (Å²) in [6.07, 6.45) is 3.30. The van der Waals surface area contributed by atoms with E-state index in [0.717, 1.165) is 31.5 Å². The number of carbonyl (C=O) groups excluding carboxylic acids is 2. The third kappa shape index (κ3) is 5.13. The molecule has 33 heavy (non-hydrogen) atoms. The summed E-state index contributed by atoms with van der Waals surface area (Å²) >= 11 is 0. The molecule has 0 aliphatic carbocycles. The highest BCUT2D eigenvalue weighted by atomic mass is 16.2. The maximum atomic E-state index is 13.0. The molecule has 0 bridgehead atoms. The zero-order valence-electron chi connectivity index (χ0n) is 19.2. The van der Waals surface area contributed by atoms with Gasteiger partial charge in [-0.05, 0) is 48.9 Å². The molecule has 1 aromatic heterocycles. The Morgan fingerprint density at radius 1 is 0.970 bits per heavy atom. The number of amides is 2. The Morgan fingerprint density at radius 3 is 2.30 bits per heavy atom. The molecule has 0 spiro atoms. The number of fused-ring (bicyclic) bond motifs is 1. The molecule has 0 atom stereocenters. The third-order valence-electron chi connectivity index (χ3n) is 5.92. The van der Waals surface area contributed by atoms with E-state index in [9.17, 15) is 14.4 Å². The van der Waals surface area contributed by atoms with Crippen molar-refractivity contribution < 1.29 is 9.59 Å². The van der Waals surface area contributed by atoms with Gasteiger partial charge in [0, 0.05) is 37.1 Å². The summed E-state index contributed by atoms with van der Waals surface area (Å²) in [6.45, 7) is 6.38. The van der Waals surface area contributed by atoms with E-state index >= 15 is 0 Å². The van der Waals surface area contributed by atoms with Crippen molar-refractivity contribution in [2.75, 3.05) is 13.1 Å². The van der Waals surface area contributed by atoms with E-state index in [2.05, 4.69) is 10.4 Å². The van der Waals surface area contributed by atoms with Gasteiger partial charge in [0.15, 0.2) is 5.69 Å². The summed E-state index contributed by atoms with van der Waals surface area (Å²) in [5, 5.41) is 8.32. The van der Waals surface area contributed by atoms with Crippen LogP contribution in [-0.2, 0) is 13.1 Å². The van der Waals surface area contributed by atoms with Crippen LogP contribution in [0.5, 0.6) is 0 Å². The third-order valence-corrected chi connectivity index (χ3v) is 5.92. The Balaban J connectivity index is 1.49. The van der Waals surface area contributed by atoms with Crippen molar-refractivity contribution in [1.29, 1.82) is 0 Å². The predicted octanol–water partition coefficient (Wildman–Crippen LogP) is 3.61. The normalized spacial score (nSPS) is 14.0. The maximum absolute atomic E-state index is 13.0. The molecule has 4 rings (SSSR count). The Bertz CT molecular complexity index is 1210. The SMILES string of the molecule is CC(C)Cn1nc(C(=O)NCc2ccc(C(=O)N3CCCCC3)cc2)c2ccccc2c1=O. The fourth-order valence-electron chi connectivity index (χ4n) is 4.18. The molecule has 2 amide bonds. The van der Waals surface area contributed by atoms with Crippen LogP contribution in [-0.4, -0.2) is 39.6 Å². The molecule has 2 aromatic carbocycles. The molecule has 1 aliphatic heterocycles. The average Bonchev–Trinajstić information content (AvgIpc) is 2.84. The molecule has 1 fully saturated rings. The Kier molecular flexibility index (Phi) is 6.87. The first-order valence-corrected chi connectivity index (χ1v) is 11.6. The fourth-order valence-corrected chi connectivity index (χ4v) is 4.18. The van der Waals surface area contributed by atoms with Crippen LogP contribution in [0, 0.1) is 5.92 Å². The number of aromatic nitrogens is 2. The van der Waals surface area contributed by atoms with Crippen molar-refractivity contribution >= 4 is 22.6 Å². The number of hydrogen-bond acceptors (Lipinski definition) is 4. The van der Waals surface area contributed by atoms with Gasteiger partial charge in [-0.3, -0.25) is 14.4 Å². The van der Waals surface area contributed by atoms with Gasteiger partial charge in [-0.1, -0.05) is 44.2 Å². The lowest BCUT2D eigenvalue weighted by Crippen LogP contribution is -2.35. The minimum absolute atomic E-state index is 0.0633. The van der Waals surface area contributed by atoms with E-state index in [-0.39, 0.29) is 29.0 Å². The van der Waals surface area contributed by atoms with E-state index in [1.807, 2.05) is 43.0 Å². The predicted molar refractivity (Wildman–Crippen MR) is 128 cm³/mol. The van der Waals surface area contributed by atoms with Crippen molar-refractivity contribution in [3.05, 3.63) is 75.7 Å². The highest BCUT2D eigenvalue weighted by Crippen LogP contribution is 2.16. The Morgan fingerprint density at radius 2 is 1.64 bits per heavy atom. The minimum Gasteiger partial charge on any atom is -0.347 e. The standard InChI is InChI=1S/C26H30N4O3/c1-18(2)17-30-26(33)22-9-5-4-8-21(22)23(28-30)24(31)27-16-19-10-12-20(13-11-19)25(32)29-14-6-3-7-15-29/h4-5,8-13,18H,3,6-7,14-17H2,1-2H3,(H,27,31). The smallest absolute Gasteiger partial charge is 0.274 e. The quantitative estimate of drug-likeness (QED) is 0.627. The number of hydrogen-bond donors (Lipinski definition) is 1. The van der Waals surface area contributed by atoms with Crippen molar-refractivity contribution in [2.45, 2.75) is 46.2 Å². The number of benzene rings is 2. The van der Waals surface area contributed by atoms with Gasteiger partial charge in [0.1, 0.15) is 0 Å². The highest BCUT2D eigenvalue weighted by molar-refractivity contribution is 6.04. The van der Waals surface area contributed by atoms with Crippen LogP contribution in [0.2, 0.25) is 0 Å². The monoisotopic (exact) mass is 446 g/mol. The molecule has 7 nitrogen and oxygen atoms in total. The molecule has 0 saturated carbocycles. The molecular weight excluding hydrogens is 416 g/mol. The van der Waals surface area contributed by atoms with Gasteiger partial charge in [-0.25, -0.2) is 4.68 Å². The number of piperidine rings is 1. The van der Waals surface area contributed by atoms with E-state index in [1.165, 1.54) is 11.1 Å². The second-order valence-corrected chi connectivity index (χ2v) is 9.01. The van der Waals surface area contributed by atoms with E-state index in [4.69, 9.17) is 0 Å². The molecular formula is C26H30N4O3. The van der Waals surface area contributed by atoms with Crippen LogP contribution in [0.4, 0.5) is 0 Å². The minimum atomic E-state index is -0.336. The van der Waals surface area contributed by atoms with Gasteiger partial charge in [0.2, 0.25) is 0 Å². The van der Waals surface area contributed by atoms with Gasteiger partial charge >= 0.3 is 0 Å². The van der Waals surface area contributed by atoms with Crippen LogP contribution in [0.25, 0.3) is 10.8 Å². The van der Waals surface area contributed by atoms with Gasteiger partial charge in [-0.2, -0.15) is 5.10 Å². The number of nitrogens with zero attached hydrogens (tertiary/aromatic N) is 3. The Hall–Kier alpha value is -3.48. The van der Waals surface area contributed by atoms with E-state index < -0.39 is 0 Å². The number of likely N-dealkylation sites (tertiary alicyclic amines) is 1. The summed E-state index contributed by atoms with van der Waals surface area (Å²) in [6, 6.07) is 14.4. The van der Waals surface area contributed by atoms with Crippen LogP contribution in [0.1, 0.15) is 59.5 Å². The van der Waals surface area contributed by atoms with Crippen molar-refractivity contribution in [3.8, 4) is 0 Å². The van der Waals surface area contributed by atoms with Crippen LogP contribution < -0.4 is 10.9 Å². The maximum Gasteiger partial charge on any atom is 0.274 e. The lowest BCUT2D eigenvalue weighted by molar-refractivity contribution is 0.0724. The first-order valence-electron chi connectivity index (χ1n) is 11.6. The summed E-state index contributed by atoms with van der Waals surface area (Å²) in [5.41, 5.74) is 1.60. The topological polar surface area (TPSA) is 84.3 Å². The van der Waals surface area contributed by atoms with E-state index in [1.54, 1.807) is 24.3 Å². The summed E-state index contributed by atoms with van der Waals surface area (Å²) in [7, 11) is 0. The van der Waals surface area contributed by atoms with Crippen molar-refractivity contribution in [1.82, 2.24) is 20.0 Å². The second-order valence-electron chi connectivity index (χ2n) is 9.01. The van der Waals surface area contributed by atoms with Crippen molar-refractivity contribution in [3.63, 3.8) is 0 Å². The zero-order chi connectivity index (χ0) is 23.4. The number of rotatable bonds is 6. The van der Waals surface area contributed by atoms with Gasteiger partial charge in [0.05, 0.1) is 5.39 Å². The van der Waals surface area contributed by atoms with Gasteiger partial charge < -0.3 is 10.2 Å². The molecule has 7 heteroatoms. The van der Waals surface area contributed by atoms with Crippen molar-refractivity contribution in [2.24, 2.45) is 5.92 Å². The number of carbonyl (C=O) groups is 2. The molecule has 1 saturated heterocycles. The number of nitrogens with one attached hydrogen (secondary N) is 1. The van der Waals surface area contributed by atoms with Crippen LogP contribution in [0.15, 0.2) is 53.3 Å². The summed E-state index contributed by atoms with van der Waals surface area (Å²) in [5.74, 6) is -0.0519. The molecule has 0 unspecified atom stereocenters. The first-order chi connectivity index (χ1) is 15.9. The second kappa shape index (κ2) is 9.98. The van der Waals surface area contributed by atoms with Gasteiger partial charge in [0.25, 0.3) is 17.4 Å². The lowest BCUT2D eigenvalue weighted by atomic mass is 10.1. The molecule has 2 heterocycles. The molecule has 3 aromatic rings. The summed E-state index contributed by atoms with van der Waals surface area (Å²) < 4.78 is 1.38. The molecule has 1 aliphatic rings. The Labute approximate surface area is 193 Å². The molecule has 172 valence electrons. The van der Waals surface area contributed by atoms with Gasteiger partial charge in [-0.15, -0.1) is 0 Å². The van der Waals surface area contributed by atoms with E-state index in [0.29, 0.717) is 29.4 Å². The first kappa shape index (κ1) is 22.7. The summed E-state index contributed by atoms with van der Waals surface area (Å²) in [4.78, 5) is 40.3. The molecule has 0 radical (unpaired) electrons. The van der Waals surface area contributed by atoms with Crippen LogP contribution >= 0.6 is 0 Å². The lowest BCUT2D eigenvalue weighted by Gasteiger charge is -2.26. The largest absolute Gasteiger partial charge is 0.347 e. The fraction of sp³-hybridized carbons (Fsp3) is 0.385. The molecule has 1 N–H and O–H groups in total. The zero-order valence-corrected chi connectivity index (χ0v) is 19.2. The average molecular weight is 447 g/mol.